The highest BCUT2D eigenvalue weighted by Crippen LogP contribution is 2.09. The van der Waals surface area contributed by atoms with Gasteiger partial charge in [0, 0.05) is 6.20 Å². The standard InChI is InChI=1S/C12H10BFN2O3/c14-10-7-8(13(18)19)4-5-9(10)12(17)16-11-3-1-2-6-15-11/h1-7,18-19H,(H,15,16,17). The molecular weight excluding hydrogens is 250 g/mol. The molecule has 7 heteroatoms. The lowest BCUT2D eigenvalue weighted by Gasteiger charge is -2.06. The van der Waals surface area contributed by atoms with Crippen LogP contribution in [0.3, 0.4) is 0 Å². The number of aromatic nitrogens is 1. The number of benzene rings is 1. The Balaban J connectivity index is 2.20. The van der Waals surface area contributed by atoms with E-state index in [-0.39, 0.29) is 11.0 Å². The van der Waals surface area contributed by atoms with E-state index in [1.165, 1.54) is 18.3 Å². The predicted molar refractivity (Wildman–Crippen MR) is 68.4 cm³/mol. The van der Waals surface area contributed by atoms with Crippen LogP contribution in [0.1, 0.15) is 10.4 Å². The third-order valence-corrected chi connectivity index (χ3v) is 2.44. The molecule has 19 heavy (non-hydrogen) atoms. The second kappa shape index (κ2) is 5.60. The van der Waals surface area contributed by atoms with Crippen molar-refractivity contribution in [1.82, 2.24) is 4.98 Å². The van der Waals surface area contributed by atoms with Crippen LogP contribution in [0.5, 0.6) is 0 Å². The van der Waals surface area contributed by atoms with Crippen LogP contribution in [-0.2, 0) is 0 Å². The molecule has 0 saturated heterocycles. The first kappa shape index (κ1) is 13.2. The third-order valence-electron chi connectivity index (χ3n) is 2.44. The maximum atomic E-state index is 13.7. The van der Waals surface area contributed by atoms with Gasteiger partial charge in [0.15, 0.2) is 0 Å². The average Bonchev–Trinajstić information content (AvgIpc) is 2.39. The molecule has 2 aromatic rings. The summed E-state index contributed by atoms with van der Waals surface area (Å²) < 4.78 is 13.7. The molecule has 2 rings (SSSR count). The van der Waals surface area contributed by atoms with Crippen LogP contribution in [0.2, 0.25) is 0 Å². The number of rotatable bonds is 3. The highest BCUT2D eigenvalue weighted by atomic mass is 19.1. The van der Waals surface area contributed by atoms with E-state index in [0.29, 0.717) is 5.82 Å². The summed E-state index contributed by atoms with van der Waals surface area (Å²) in [6.45, 7) is 0. The van der Waals surface area contributed by atoms with E-state index < -0.39 is 18.8 Å². The number of anilines is 1. The first-order valence-corrected chi connectivity index (χ1v) is 5.46. The van der Waals surface area contributed by atoms with Crippen molar-refractivity contribution >= 4 is 24.3 Å². The Morgan fingerprint density at radius 1 is 1.26 bits per heavy atom. The molecule has 96 valence electrons. The molecule has 0 aliphatic carbocycles. The molecule has 0 atom stereocenters. The third kappa shape index (κ3) is 3.15. The van der Waals surface area contributed by atoms with Crippen LogP contribution in [0, 0.1) is 5.82 Å². The minimum atomic E-state index is -1.78. The fourth-order valence-corrected chi connectivity index (χ4v) is 1.50. The summed E-state index contributed by atoms with van der Waals surface area (Å²) in [6, 6.07) is 8.29. The topological polar surface area (TPSA) is 82.5 Å². The number of hydrogen-bond donors (Lipinski definition) is 3. The minimum Gasteiger partial charge on any atom is -0.423 e. The van der Waals surface area contributed by atoms with E-state index in [0.717, 1.165) is 6.07 Å². The van der Waals surface area contributed by atoms with Gasteiger partial charge in [-0.25, -0.2) is 9.37 Å². The quantitative estimate of drug-likeness (QED) is 0.686. The van der Waals surface area contributed by atoms with E-state index in [1.807, 2.05) is 0 Å². The van der Waals surface area contributed by atoms with Crippen molar-refractivity contribution in [2.24, 2.45) is 0 Å². The number of pyridine rings is 1. The van der Waals surface area contributed by atoms with Gasteiger partial charge < -0.3 is 15.4 Å². The first-order valence-electron chi connectivity index (χ1n) is 5.46. The van der Waals surface area contributed by atoms with Crippen molar-refractivity contribution in [3.05, 3.63) is 54.0 Å². The van der Waals surface area contributed by atoms with Crippen molar-refractivity contribution in [2.45, 2.75) is 0 Å². The maximum Gasteiger partial charge on any atom is 0.488 e. The number of nitrogens with one attached hydrogen (secondary N) is 1. The summed E-state index contributed by atoms with van der Waals surface area (Å²) in [7, 11) is -1.78. The number of amides is 1. The van der Waals surface area contributed by atoms with Gasteiger partial charge >= 0.3 is 7.12 Å². The van der Waals surface area contributed by atoms with Gasteiger partial charge in [0.2, 0.25) is 0 Å². The highest BCUT2D eigenvalue weighted by molar-refractivity contribution is 6.58. The number of hydrogen-bond acceptors (Lipinski definition) is 4. The van der Waals surface area contributed by atoms with Crippen molar-refractivity contribution in [3.8, 4) is 0 Å². The van der Waals surface area contributed by atoms with Crippen LogP contribution in [0.25, 0.3) is 0 Å². The Labute approximate surface area is 108 Å². The Bertz CT molecular complexity index is 593. The Hall–Kier alpha value is -2.25. The molecule has 1 aromatic heterocycles. The molecule has 0 fully saturated rings. The molecule has 0 aliphatic heterocycles. The maximum absolute atomic E-state index is 13.7. The molecule has 1 heterocycles. The first-order chi connectivity index (χ1) is 9.08. The summed E-state index contributed by atoms with van der Waals surface area (Å²) in [4.78, 5) is 15.7. The molecule has 5 nitrogen and oxygen atoms in total. The number of nitrogens with zero attached hydrogens (tertiary/aromatic N) is 1. The summed E-state index contributed by atoms with van der Waals surface area (Å²) in [5.74, 6) is -1.19. The second-order valence-corrected chi connectivity index (χ2v) is 3.78. The summed E-state index contributed by atoms with van der Waals surface area (Å²) in [5, 5.41) is 20.2. The molecule has 0 radical (unpaired) electrons. The van der Waals surface area contributed by atoms with E-state index in [2.05, 4.69) is 10.3 Å². The van der Waals surface area contributed by atoms with E-state index in [1.54, 1.807) is 18.2 Å². The smallest absolute Gasteiger partial charge is 0.423 e. The van der Waals surface area contributed by atoms with Crippen molar-refractivity contribution in [2.75, 3.05) is 5.32 Å². The zero-order valence-electron chi connectivity index (χ0n) is 9.75. The van der Waals surface area contributed by atoms with Crippen molar-refractivity contribution in [3.63, 3.8) is 0 Å². The molecule has 1 amide bonds. The molecule has 0 saturated carbocycles. The van der Waals surface area contributed by atoms with Crippen LogP contribution in [-0.4, -0.2) is 28.1 Å². The largest absolute Gasteiger partial charge is 0.488 e. The summed E-state index contributed by atoms with van der Waals surface area (Å²) >= 11 is 0. The highest BCUT2D eigenvalue weighted by Gasteiger charge is 2.17. The van der Waals surface area contributed by atoms with E-state index >= 15 is 0 Å². The van der Waals surface area contributed by atoms with Crippen LogP contribution in [0.15, 0.2) is 42.6 Å². The molecule has 1 aromatic carbocycles. The number of carbonyl (C=O) groups is 1. The zero-order chi connectivity index (χ0) is 13.8. The fraction of sp³-hybridized carbons (Fsp3) is 0. The minimum absolute atomic E-state index is 0.0214. The summed E-state index contributed by atoms with van der Waals surface area (Å²) in [6.07, 6.45) is 1.50. The van der Waals surface area contributed by atoms with Gasteiger partial charge in [-0.15, -0.1) is 0 Å². The second-order valence-electron chi connectivity index (χ2n) is 3.78. The number of halogens is 1. The van der Waals surface area contributed by atoms with Gasteiger partial charge in [0.05, 0.1) is 5.56 Å². The molecule has 0 spiro atoms. The van der Waals surface area contributed by atoms with Crippen LogP contribution < -0.4 is 10.8 Å². The monoisotopic (exact) mass is 260 g/mol. The molecule has 0 bridgehead atoms. The van der Waals surface area contributed by atoms with Gasteiger partial charge in [-0.3, -0.25) is 4.79 Å². The van der Waals surface area contributed by atoms with Crippen molar-refractivity contribution in [1.29, 1.82) is 0 Å². The van der Waals surface area contributed by atoms with Gasteiger partial charge in [0.25, 0.3) is 5.91 Å². The zero-order valence-corrected chi connectivity index (χ0v) is 9.75. The van der Waals surface area contributed by atoms with Gasteiger partial charge in [-0.2, -0.15) is 0 Å². The van der Waals surface area contributed by atoms with Gasteiger partial charge in [0.1, 0.15) is 11.6 Å². The van der Waals surface area contributed by atoms with Crippen LogP contribution >= 0.6 is 0 Å². The lowest BCUT2D eigenvalue weighted by Crippen LogP contribution is -2.30. The van der Waals surface area contributed by atoms with Gasteiger partial charge in [-0.05, 0) is 29.7 Å². The average molecular weight is 260 g/mol. The Morgan fingerprint density at radius 3 is 2.63 bits per heavy atom. The Morgan fingerprint density at radius 2 is 2.05 bits per heavy atom. The molecule has 0 aliphatic rings. The predicted octanol–water partition coefficient (Wildman–Crippen LogP) is 0.153. The molecular formula is C12H10BFN2O3. The lowest BCUT2D eigenvalue weighted by molar-refractivity contribution is 0.102. The van der Waals surface area contributed by atoms with Crippen molar-refractivity contribution < 1.29 is 19.2 Å². The SMILES string of the molecule is O=C(Nc1ccccn1)c1ccc(B(O)O)cc1F. The fourth-order valence-electron chi connectivity index (χ4n) is 1.50. The lowest BCUT2D eigenvalue weighted by atomic mass is 9.80. The molecule has 0 unspecified atom stereocenters. The normalized spacial score (nSPS) is 10.1. The van der Waals surface area contributed by atoms with Gasteiger partial charge in [-0.1, -0.05) is 12.1 Å². The summed E-state index contributed by atoms with van der Waals surface area (Å²) in [5.41, 5.74) is -0.220. The Kier molecular flexibility index (Phi) is 3.89. The van der Waals surface area contributed by atoms with E-state index in [9.17, 15) is 9.18 Å². The van der Waals surface area contributed by atoms with Crippen LogP contribution in [0.4, 0.5) is 10.2 Å². The number of carbonyl (C=O) groups excluding carboxylic acids is 1. The molecule has 3 N–H and O–H groups in total. The van der Waals surface area contributed by atoms with E-state index in [4.69, 9.17) is 10.0 Å².